The molecule has 0 radical (unpaired) electrons. The number of carbonyl (C=O) groups is 1. The summed E-state index contributed by atoms with van der Waals surface area (Å²) in [4.78, 5) is 11.2. The molecule has 0 aliphatic carbocycles. The number of anilines is 1. The standard InChI is InChI=1S/C10H15NO3S.ClH/c1-4-7-5-15-9(8(7)11)14-10(12)13-6(2)3;/h5-6H,4,11H2,1-3H3;1H. The fraction of sp³-hybridized carbons (Fsp3) is 0.500. The molecule has 16 heavy (non-hydrogen) atoms. The summed E-state index contributed by atoms with van der Waals surface area (Å²) in [6.07, 6.45) is -0.0733. The van der Waals surface area contributed by atoms with Gasteiger partial charge in [0.15, 0.2) is 0 Å². The van der Waals surface area contributed by atoms with Crippen LogP contribution < -0.4 is 10.5 Å². The molecule has 0 saturated heterocycles. The Hall–Kier alpha value is -0.940. The summed E-state index contributed by atoms with van der Waals surface area (Å²) in [5, 5.41) is 2.30. The molecule has 0 amide bonds. The van der Waals surface area contributed by atoms with Crippen molar-refractivity contribution < 1.29 is 14.3 Å². The third-order valence-corrected chi connectivity index (χ3v) is 2.68. The second-order valence-electron chi connectivity index (χ2n) is 3.33. The Labute approximate surface area is 105 Å². The Morgan fingerprint density at radius 1 is 1.56 bits per heavy atom. The van der Waals surface area contributed by atoms with Crippen LogP contribution in [-0.4, -0.2) is 12.3 Å². The number of halogens is 1. The Morgan fingerprint density at radius 3 is 2.62 bits per heavy atom. The Balaban J connectivity index is 0.00000225. The maximum atomic E-state index is 11.2. The Bertz CT molecular complexity index is 352. The summed E-state index contributed by atoms with van der Waals surface area (Å²) >= 11 is 1.31. The maximum absolute atomic E-state index is 11.2. The van der Waals surface area contributed by atoms with Gasteiger partial charge in [0.2, 0.25) is 5.06 Å². The molecule has 1 aromatic heterocycles. The van der Waals surface area contributed by atoms with Gasteiger partial charge in [-0.05, 0) is 31.2 Å². The van der Waals surface area contributed by atoms with E-state index >= 15 is 0 Å². The predicted molar refractivity (Wildman–Crippen MR) is 67.6 cm³/mol. The zero-order valence-corrected chi connectivity index (χ0v) is 11.1. The number of ether oxygens (including phenoxy) is 2. The minimum atomic E-state index is -0.707. The molecule has 1 rings (SSSR count). The summed E-state index contributed by atoms with van der Waals surface area (Å²) in [6.45, 7) is 5.52. The number of thiophene rings is 1. The fourth-order valence-electron chi connectivity index (χ4n) is 1.03. The van der Waals surface area contributed by atoms with E-state index in [9.17, 15) is 4.79 Å². The number of hydrogen-bond acceptors (Lipinski definition) is 5. The number of rotatable bonds is 3. The van der Waals surface area contributed by atoms with Gasteiger partial charge in [-0.15, -0.1) is 23.7 Å². The van der Waals surface area contributed by atoms with E-state index in [1.54, 1.807) is 13.8 Å². The van der Waals surface area contributed by atoms with Gasteiger partial charge < -0.3 is 15.2 Å². The molecule has 0 unspecified atom stereocenters. The second kappa shape index (κ2) is 6.60. The predicted octanol–water partition coefficient (Wildman–Crippen LogP) is 3.24. The van der Waals surface area contributed by atoms with Gasteiger partial charge >= 0.3 is 6.16 Å². The van der Waals surface area contributed by atoms with Crippen molar-refractivity contribution in [3.05, 3.63) is 10.9 Å². The maximum Gasteiger partial charge on any atom is 0.514 e. The summed E-state index contributed by atoms with van der Waals surface area (Å²) in [7, 11) is 0. The van der Waals surface area contributed by atoms with E-state index in [1.807, 2.05) is 12.3 Å². The van der Waals surface area contributed by atoms with Crippen molar-refractivity contribution in [1.82, 2.24) is 0 Å². The Kier molecular flexibility index (Phi) is 6.21. The minimum Gasteiger partial charge on any atom is -0.431 e. The molecule has 6 heteroatoms. The summed E-state index contributed by atoms with van der Waals surface area (Å²) in [5.74, 6) is 0. The van der Waals surface area contributed by atoms with Crippen LogP contribution in [-0.2, 0) is 11.2 Å². The van der Waals surface area contributed by atoms with Gasteiger partial charge in [-0.25, -0.2) is 4.79 Å². The lowest BCUT2D eigenvalue weighted by Gasteiger charge is -2.07. The minimum absolute atomic E-state index is 0. The van der Waals surface area contributed by atoms with Gasteiger partial charge in [-0.3, -0.25) is 0 Å². The number of hydrogen-bond donors (Lipinski definition) is 1. The first kappa shape index (κ1) is 15.1. The van der Waals surface area contributed by atoms with Gasteiger partial charge in [0.05, 0.1) is 11.8 Å². The SMILES string of the molecule is CCc1csc(OC(=O)OC(C)C)c1N.Cl. The zero-order chi connectivity index (χ0) is 11.4. The van der Waals surface area contributed by atoms with Gasteiger partial charge in [-0.2, -0.15) is 0 Å². The van der Waals surface area contributed by atoms with Crippen LogP contribution in [0.3, 0.4) is 0 Å². The molecule has 1 heterocycles. The van der Waals surface area contributed by atoms with Crippen molar-refractivity contribution >= 4 is 35.6 Å². The van der Waals surface area contributed by atoms with Crippen LogP contribution in [0.2, 0.25) is 0 Å². The van der Waals surface area contributed by atoms with Crippen molar-refractivity contribution in [3.63, 3.8) is 0 Å². The van der Waals surface area contributed by atoms with E-state index in [0.717, 1.165) is 12.0 Å². The van der Waals surface area contributed by atoms with E-state index in [0.29, 0.717) is 10.8 Å². The molecule has 92 valence electrons. The lowest BCUT2D eigenvalue weighted by Crippen LogP contribution is -2.15. The summed E-state index contributed by atoms with van der Waals surface area (Å²) in [6, 6.07) is 0. The Morgan fingerprint density at radius 2 is 2.19 bits per heavy atom. The molecule has 0 atom stereocenters. The summed E-state index contributed by atoms with van der Waals surface area (Å²) < 4.78 is 9.81. The normalized spacial score (nSPS) is 9.75. The molecule has 4 nitrogen and oxygen atoms in total. The smallest absolute Gasteiger partial charge is 0.431 e. The quantitative estimate of drug-likeness (QED) is 0.853. The van der Waals surface area contributed by atoms with Crippen LogP contribution in [0.5, 0.6) is 5.06 Å². The average molecular weight is 266 g/mol. The zero-order valence-electron chi connectivity index (χ0n) is 9.48. The van der Waals surface area contributed by atoms with E-state index in [1.165, 1.54) is 11.3 Å². The number of aryl methyl sites for hydroxylation is 1. The molecule has 2 N–H and O–H groups in total. The van der Waals surface area contributed by atoms with Gasteiger partial charge in [-0.1, -0.05) is 6.92 Å². The first-order valence-electron chi connectivity index (χ1n) is 4.78. The number of carbonyl (C=O) groups excluding carboxylic acids is 1. The molecule has 0 aliphatic rings. The van der Waals surface area contributed by atoms with Crippen molar-refractivity contribution in [1.29, 1.82) is 0 Å². The summed E-state index contributed by atoms with van der Waals surface area (Å²) in [5.41, 5.74) is 7.29. The van der Waals surface area contributed by atoms with Crippen LogP contribution in [0.25, 0.3) is 0 Å². The van der Waals surface area contributed by atoms with Crippen LogP contribution in [0.4, 0.5) is 10.5 Å². The van der Waals surface area contributed by atoms with Crippen molar-refractivity contribution in [2.24, 2.45) is 0 Å². The third kappa shape index (κ3) is 3.90. The number of nitrogen functional groups attached to an aromatic ring is 1. The molecular formula is C10H16ClNO3S. The molecule has 0 bridgehead atoms. The highest BCUT2D eigenvalue weighted by Crippen LogP contribution is 2.33. The monoisotopic (exact) mass is 265 g/mol. The van der Waals surface area contributed by atoms with E-state index < -0.39 is 6.16 Å². The molecular weight excluding hydrogens is 250 g/mol. The molecule has 0 saturated carbocycles. The molecule has 0 aliphatic heterocycles. The van der Waals surface area contributed by atoms with Crippen molar-refractivity contribution in [3.8, 4) is 5.06 Å². The van der Waals surface area contributed by atoms with Crippen LogP contribution >= 0.6 is 23.7 Å². The lowest BCUT2D eigenvalue weighted by molar-refractivity contribution is 0.0741. The van der Waals surface area contributed by atoms with Gasteiger partial charge in [0.25, 0.3) is 0 Å². The topological polar surface area (TPSA) is 61.5 Å². The van der Waals surface area contributed by atoms with Crippen LogP contribution in [0.1, 0.15) is 26.3 Å². The molecule has 0 spiro atoms. The van der Waals surface area contributed by atoms with Gasteiger partial charge in [0, 0.05) is 0 Å². The van der Waals surface area contributed by atoms with Crippen LogP contribution in [0, 0.1) is 0 Å². The molecule has 0 aromatic carbocycles. The number of nitrogens with two attached hydrogens (primary N) is 1. The highest BCUT2D eigenvalue weighted by atomic mass is 35.5. The first-order chi connectivity index (χ1) is 7.04. The van der Waals surface area contributed by atoms with Crippen molar-refractivity contribution in [2.75, 3.05) is 5.73 Å². The van der Waals surface area contributed by atoms with E-state index in [4.69, 9.17) is 15.2 Å². The first-order valence-corrected chi connectivity index (χ1v) is 5.66. The van der Waals surface area contributed by atoms with E-state index in [-0.39, 0.29) is 18.5 Å². The van der Waals surface area contributed by atoms with E-state index in [2.05, 4.69) is 0 Å². The molecule has 0 fully saturated rings. The average Bonchev–Trinajstić information content (AvgIpc) is 2.46. The van der Waals surface area contributed by atoms with Crippen molar-refractivity contribution in [2.45, 2.75) is 33.3 Å². The second-order valence-corrected chi connectivity index (χ2v) is 4.18. The fourth-order valence-corrected chi connectivity index (χ4v) is 1.94. The highest BCUT2D eigenvalue weighted by Gasteiger charge is 2.14. The third-order valence-electron chi connectivity index (χ3n) is 1.76. The largest absolute Gasteiger partial charge is 0.514 e. The molecule has 1 aromatic rings. The van der Waals surface area contributed by atoms with Crippen LogP contribution in [0.15, 0.2) is 5.38 Å². The highest BCUT2D eigenvalue weighted by molar-refractivity contribution is 7.12. The lowest BCUT2D eigenvalue weighted by atomic mass is 10.2. The van der Waals surface area contributed by atoms with Gasteiger partial charge in [0.1, 0.15) is 0 Å².